The number of hydrogen-bond acceptors (Lipinski definition) is 2. The Morgan fingerprint density at radius 1 is 1.56 bits per heavy atom. The van der Waals surface area contributed by atoms with Gasteiger partial charge in [0.25, 0.3) is 5.91 Å². The summed E-state index contributed by atoms with van der Waals surface area (Å²) in [4.78, 5) is 13.5. The second-order valence-corrected chi connectivity index (χ2v) is 4.66. The highest BCUT2D eigenvalue weighted by atomic mass is 19.4. The van der Waals surface area contributed by atoms with Crippen LogP contribution in [0.2, 0.25) is 0 Å². The van der Waals surface area contributed by atoms with Crippen LogP contribution < -0.4 is 0 Å². The molecule has 1 saturated heterocycles. The summed E-state index contributed by atoms with van der Waals surface area (Å²) in [6, 6.07) is 0. The molecule has 0 spiro atoms. The number of aromatic amines is 1. The van der Waals surface area contributed by atoms with E-state index in [4.69, 9.17) is 0 Å². The molecule has 1 unspecified atom stereocenters. The van der Waals surface area contributed by atoms with Crippen molar-refractivity contribution in [1.29, 1.82) is 0 Å². The van der Waals surface area contributed by atoms with Crippen LogP contribution in [0.1, 0.15) is 35.8 Å². The Labute approximate surface area is 102 Å². The molecule has 2 heterocycles. The Morgan fingerprint density at radius 3 is 2.89 bits per heavy atom. The van der Waals surface area contributed by atoms with Gasteiger partial charge in [0.2, 0.25) is 0 Å². The first kappa shape index (κ1) is 12.9. The van der Waals surface area contributed by atoms with Gasteiger partial charge >= 0.3 is 6.18 Å². The van der Waals surface area contributed by atoms with Crippen molar-refractivity contribution < 1.29 is 18.0 Å². The molecule has 1 aliphatic heterocycles. The molecular weight excluding hydrogens is 247 g/mol. The largest absolute Gasteiger partial charge is 0.433 e. The summed E-state index contributed by atoms with van der Waals surface area (Å²) >= 11 is 0. The minimum Gasteiger partial charge on any atom is -0.338 e. The van der Waals surface area contributed by atoms with E-state index < -0.39 is 23.3 Å². The number of carbonyl (C=O) groups is 1. The van der Waals surface area contributed by atoms with Gasteiger partial charge in [0.1, 0.15) is 0 Å². The maximum Gasteiger partial charge on any atom is 0.433 e. The first-order valence-corrected chi connectivity index (χ1v) is 5.79. The van der Waals surface area contributed by atoms with Crippen LogP contribution in [0.15, 0.2) is 6.20 Å². The van der Waals surface area contributed by atoms with Crippen molar-refractivity contribution in [2.75, 3.05) is 13.1 Å². The average molecular weight is 261 g/mol. The summed E-state index contributed by atoms with van der Waals surface area (Å²) in [7, 11) is 0. The average Bonchev–Trinajstić information content (AvgIpc) is 2.76. The summed E-state index contributed by atoms with van der Waals surface area (Å²) in [5.41, 5.74) is -1.46. The molecule has 1 aromatic heterocycles. The number of carbonyl (C=O) groups excluding carboxylic acids is 1. The number of halogens is 3. The molecule has 7 heteroatoms. The highest BCUT2D eigenvalue weighted by molar-refractivity contribution is 5.95. The third kappa shape index (κ3) is 2.49. The standard InChI is InChI=1S/C11H14F3N3O/c1-7-3-2-4-17(6-7)10(18)8-5-15-16-9(8)11(12,13)14/h5,7H,2-4,6H2,1H3,(H,15,16). The summed E-state index contributed by atoms with van der Waals surface area (Å²) in [5, 5.41) is 5.19. The summed E-state index contributed by atoms with van der Waals surface area (Å²) in [6.07, 6.45) is -1.80. The zero-order chi connectivity index (χ0) is 13.3. The lowest BCUT2D eigenvalue weighted by molar-refractivity contribution is -0.141. The highest BCUT2D eigenvalue weighted by Crippen LogP contribution is 2.31. The zero-order valence-electron chi connectivity index (χ0n) is 9.92. The number of piperidine rings is 1. The van der Waals surface area contributed by atoms with Gasteiger partial charge in [-0.1, -0.05) is 6.92 Å². The van der Waals surface area contributed by atoms with Crippen LogP contribution in [-0.4, -0.2) is 34.1 Å². The first-order chi connectivity index (χ1) is 8.39. The SMILES string of the molecule is CC1CCCN(C(=O)c2cn[nH]c2C(F)(F)F)C1. The van der Waals surface area contributed by atoms with Gasteiger partial charge in [0, 0.05) is 13.1 Å². The molecule has 1 fully saturated rings. The van der Waals surface area contributed by atoms with E-state index in [1.807, 2.05) is 12.0 Å². The molecule has 0 radical (unpaired) electrons. The molecular formula is C11H14F3N3O. The van der Waals surface area contributed by atoms with Crippen molar-refractivity contribution in [3.8, 4) is 0 Å². The number of nitrogens with one attached hydrogen (secondary N) is 1. The monoisotopic (exact) mass is 261 g/mol. The van der Waals surface area contributed by atoms with Gasteiger partial charge in [-0.3, -0.25) is 9.89 Å². The molecule has 2 rings (SSSR count). The first-order valence-electron chi connectivity index (χ1n) is 5.79. The Kier molecular flexibility index (Phi) is 3.32. The van der Waals surface area contributed by atoms with Crippen LogP contribution in [-0.2, 0) is 6.18 Å². The van der Waals surface area contributed by atoms with Gasteiger partial charge < -0.3 is 4.90 Å². The van der Waals surface area contributed by atoms with Crippen LogP contribution >= 0.6 is 0 Å². The molecule has 4 nitrogen and oxygen atoms in total. The molecule has 1 atom stereocenters. The number of alkyl halides is 3. The van der Waals surface area contributed by atoms with Gasteiger partial charge in [-0.15, -0.1) is 0 Å². The van der Waals surface area contributed by atoms with Gasteiger partial charge in [-0.25, -0.2) is 0 Å². The lowest BCUT2D eigenvalue weighted by atomic mass is 9.99. The number of amides is 1. The predicted octanol–water partition coefficient (Wildman–Crippen LogP) is 2.30. The number of H-pyrrole nitrogens is 1. The molecule has 1 amide bonds. The Hall–Kier alpha value is -1.53. The lowest BCUT2D eigenvalue weighted by Crippen LogP contribution is -2.39. The van der Waals surface area contributed by atoms with Gasteiger partial charge in [0.05, 0.1) is 11.8 Å². The number of hydrogen-bond donors (Lipinski definition) is 1. The molecule has 1 aliphatic rings. The van der Waals surface area contributed by atoms with E-state index in [0.717, 1.165) is 19.0 Å². The van der Waals surface area contributed by atoms with E-state index in [0.29, 0.717) is 19.0 Å². The van der Waals surface area contributed by atoms with Crippen molar-refractivity contribution in [1.82, 2.24) is 15.1 Å². The maximum absolute atomic E-state index is 12.6. The van der Waals surface area contributed by atoms with Crippen LogP contribution in [0.4, 0.5) is 13.2 Å². The zero-order valence-corrected chi connectivity index (χ0v) is 9.92. The number of likely N-dealkylation sites (tertiary alicyclic amines) is 1. The topological polar surface area (TPSA) is 49.0 Å². The summed E-state index contributed by atoms with van der Waals surface area (Å²) < 4.78 is 37.9. The second kappa shape index (κ2) is 4.62. The Balaban J connectivity index is 2.21. The van der Waals surface area contributed by atoms with Gasteiger partial charge in [0.15, 0.2) is 5.69 Å². The van der Waals surface area contributed by atoms with Gasteiger partial charge in [-0.05, 0) is 18.8 Å². The third-order valence-electron chi connectivity index (χ3n) is 3.10. The predicted molar refractivity (Wildman–Crippen MR) is 57.9 cm³/mol. The number of rotatable bonds is 1. The van der Waals surface area contributed by atoms with Crippen LogP contribution in [0, 0.1) is 5.92 Å². The molecule has 18 heavy (non-hydrogen) atoms. The van der Waals surface area contributed by atoms with E-state index in [9.17, 15) is 18.0 Å². The molecule has 1 N–H and O–H groups in total. The van der Waals surface area contributed by atoms with Crippen molar-refractivity contribution in [3.05, 3.63) is 17.5 Å². The van der Waals surface area contributed by atoms with E-state index >= 15 is 0 Å². The second-order valence-electron chi connectivity index (χ2n) is 4.66. The van der Waals surface area contributed by atoms with Crippen LogP contribution in [0.5, 0.6) is 0 Å². The molecule has 0 aromatic carbocycles. The minimum absolute atomic E-state index is 0.323. The Morgan fingerprint density at radius 2 is 2.28 bits per heavy atom. The van der Waals surface area contributed by atoms with Crippen LogP contribution in [0.3, 0.4) is 0 Å². The molecule has 1 aromatic rings. The number of aromatic nitrogens is 2. The van der Waals surface area contributed by atoms with Crippen molar-refractivity contribution in [2.24, 2.45) is 5.92 Å². The molecule has 0 aliphatic carbocycles. The number of nitrogens with zero attached hydrogens (tertiary/aromatic N) is 2. The van der Waals surface area contributed by atoms with Crippen LogP contribution in [0.25, 0.3) is 0 Å². The normalized spacial score (nSPS) is 21.1. The molecule has 0 bridgehead atoms. The highest BCUT2D eigenvalue weighted by Gasteiger charge is 2.38. The van der Waals surface area contributed by atoms with E-state index in [2.05, 4.69) is 5.10 Å². The Bertz CT molecular complexity index is 441. The molecule has 0 saturated carbocycles. The fourth-order valence-corrected chi connectivity index (χ4v) is 2.21. The van der Waals surface area contributed by atoms with Crippen molar-refractivity contribution >= 4 is 5.91 Å². The van der Waals surface area contributed by atoms with E-state index in [1.165, 1.54) is 4.90 Å². The van der Waals surface area contributed by atoms with E-state index in [1.54, 1.807) is 0 Å². The smallest absolute Gasteiger partial charge is 0.338 e. The van der Waals surface area contributed by atoms with Crippen molar-refractivity contribution in [3.63, 3.8) is 0 Å². The minimum atomic E-state index is -4.58. The fourth-order valence-electron chi connectivity index (χ4n) is 2.21. The summed E-state index contributed by atoms with van der Waals surface area (Å²) in [5.74, 6) is -0.272. The summed E-state index contributed by atoms with van der Waals surface area (Å²) in [6.45, 7) is 2.99. The maximum atomic E-state index is 12.6. The quantitative estimate of drug-likeness (QED) is 0.843. The fraction of sp³-hybridized carbons (Fsp3) is 0.636. The molecule has 100 valence electrons. The third-order valence-corrected chi connectivity index (χ3v) is 3.10. The van der Waals surface area contributed by atoms with Gasteiger partial charge in [-0.2, -0.15) is 18.3 Å². The van der Waals surface area contributed by atoms with E-state index in [-0.39, 0.29) is 0 Å². The van der Waals surface area contributed by atoms with Crippen molar-refractivity contribution in [2.45, 2.75) is 25.9 Å². The lowest BCUT2D eigenvalue weighted by Gasteiger charge is -2.30.